The number of aliphatic imine (C=N–C) groups is 1. The van der Waals surface area contributed by atoms with Gasteiger partial charge in [-0.2, -0.15) is 0 Å². The lowest BCUT2D eigenvalue weighted by atomic mass is 10.1. The molecule has 0 atom stereocenters. The van der Waals surface area contributed by atoms with Gasteiger partial charge < -0.3 is 14.5 Å². The van der Waals surface area contributed by atoms with Crippen LogP contribution in [0.15, 0.2) is 57.5 Å². The van der Waals surface area contributed by atoms with E-state index in [1.54, 1.807) is 36.7 Å². The van der Waals surface area contributed by atoms with E-state index in [9.17, 15) is 4.79 Å². The third-order valence-corrected chi connectivity index (χ3v) is 5.19. The Kier molecular flexibility index (Phi) is 7.49. The van der Waals surface area contributed by atoms with Gasteiger partial charge in [0.1, 0.15) is 16.5 Å². The molecule has 0 saturated heterocycles. The third kappa shape index (κ3) is 6.21. The maximum Gasteiger partial charge on any atom is 0.254 e. The van der Waals surface area contributed by atoms with E-state index in [4.69, 9.17) is 20.8 Å². The number of hydrogen-bond acceptors (Lipinski definition) is 5. The van der Waals surface area contributed by atoms with Crippen molar-refractivity contribution in [1.82, 2.24) is 5.32 Å². The summed E-state index contributed by atoms with van der Waals surface area (Å²) in [6.07, 6.45) is 4.23. The van der Waals surface area contributed by atoms with E-state index in [1.165, 1.54) is 11.3 Å². The van der Waals surface area contributed by atoms with Crippen molar-refractivity contribution in [2.45, 2.75) is 26.8 Å². The Bertz CT molecular complexity index is 964. The number of benzene rings is 1. The molecular weight excluding hydrogens is 408 g/mol. The summed E-state index contributed by atoms with van der Waals surface area (Å²) in [5.41, 5.74) is 1.29. The fourth-order valence-electron chi connectivity index (χ4n) is 2.53. The molecule has 0 aliphatic rings. The van der Waals surface area contributed by atoms with E-state index in [0.717, 1.165) is 17.7 Å². The molecule has 29 heavy (non-hydrogen) atoms. The molecule has 3 rings (SSSR count). The van der Waals surface area contributed by atoms with E-state index in [2.05, 4.69) is 24.2 Å². The molecule has 0 radical (unpaired) electrons. The zero-order valence-electron chi connectivity index (χ0n) is 16.4. The SMILES string of the molecule is CC(C)CCOc1ccc(Cl)cc1C=Nc1sccc1C(=O)NCc1ccco1. The van der Waals surface area contributed by atoms with Gasteiger partial charge in [-0.05, 0) is 54.1 Å². The Morgan fingerprint density at radius 1 is 1.34 bits per heavy atom. The molecule has 1 amide bonds. The lowest BCUT2D eigenvalue weighted by Crippen LogP contribution is -2.22. The number of nitrogens with one attached hydrogen (secondary N) is 1. The molecule has 7 heteroatoms. The van der Waals surface area contributed by atoms with Gasteiger partial charge in [0.2, 0.25) is 0 Å². The van der Waals surface area contributed by atoms with Crippen LogP contribution in [0.5, 0.6) is 5.75 Å². The average molecular weight is 431 g/mol. The second-order valence-corrected chi connectivity index (χ2v) is 8.20. The molecule has 3 aromatic rings. The second-order valence-electron chi connectivity index (χ2n) is 6.87. The zero-order valence-corrected chi connectivity index (χ0v) is 17.9. The summed E-state index contributed by atoms with van der Waals surface area (Å²) < 4.78 is 11.1. The van der Waals surface area contributed by atoms with E-state index in [-0.39, 0.29) is 5.91 Å². The fraction of sp³-hybridized carbons (Fsp3) is 0.273. The van der Waals surface area contributed by atoms with Crippen LogP contribution in [0.25, 0.3) is 0 Å². The smallest absolute Gasteiger partial charge is 0.254 e. The van der Waals surface area contributed by atoms with Crippen molar-refractivity contribution >= 4 is 40.1 Å². The highest BCUT2D eigenvalue weighted by atomic mass is 35.5. The number of amides is 1. The van der Waals surface area contributed by atoms with E-state index >= 15 is 0 Å². The Balaban J connectivity index is 1.71. The van der Waals surface area contributed by atoms with Crippen molar-refractivity contribution < 1.29 is 13.9 Å². The first kappa shape index (κ1) is 21.1. The van der Waals surface area contributed by atoms with Crippen LogP contribution in [0.1, 0.15) is 41.9 Å². The van der Waals surface area contributed by atoms with Crippen molar-refractivity contribution in [3.63, 3.8) is 0 Å². The third-order valence-electron chi connectivity index (χ3n) is 4.14. The first-order valence-corrected chi connectivity index (χ1v) is 10.6. The molecule has 0 spiro atoms. The minimum absolute atomic E-state index is 0.200. The highest BCUT2D eigenvalue weighted by molar-refractivity contribution is 7.14. The van der Waals surface area contributed by atoms with Crippen LogP contribution in [0.3, 0.4) is 0 Å². The molecule has 0 unspecified atom stereocenters. The quantitative estimate of drug-likeness (QED) is 0.417. The summed E-state index contributed by atoms with van der Waals surface area (Å²) in [7, 11) is 0. The Morgan fingerprint density at radius 3 is 2.97 bits per heavy atom. The van der Waals surface area contributed by atoms with Crippen LogP contribution >= 0.6 is 22.9 Å². The fourth-order valence-corrected chi connectivity index (χ4v) is 3.45. The van der Waals surface area contributed by atoms with Crippen LogP contribution in [0.2, 0.25) is 5.02 Å². The molecule has 0 saturated carbocycles. The lowest BCUT2D eigenvalue weighted by molar-refractivity contribution is 0.0949. The van der Waals surface area contributed by atoms with Gasteiger partial charge in [0.15, 0.2) is 0 Å². The molecule has 1 N–H and O–H groups in total. The van der Waals surface area contributed by atoms with E-state index in [0.29, 0.717) is 40.4 Å². The summed E-state index contributed by atoms with van der Waals surface area (Å²) in [5, 5.41) is 5.90. The zero-order chi connectivity index (χ0) is 20.6. The normalized spacial score (nSPS) is 11.3. The van der Waals surface area contributed by atoms with Crippen molar-refractivity contribution in [3.8, 4) is 5.75 Å². The van der Waals surface area contributed by atoms with Gasteiger partial charge in [0.05, 0.1) is 25.0 Å². The van der Waals surface area contributed by atoms with Crippen molar-refractivity contribution in [2.24, 2.45) is 10.9 Å². The van der Waals surface area contributed by atoms with E-state index in [1.807, 2.05) is 17.5 Å². The maximum absolute atomic E-state index is 12.5. The van der Waals surface area contributed by atoms with Crippen LogP contribution in [0, 0.1) is 5.92 Å². The highest BCUT2D eigenvalue weighted by Crippen LogP contribution is 2.28. The number of halogens is 1. The van der Waals surface area contributed by atoms with Crippen molar-refractivity contribution in [1.29, 1.82) is 0 Å². The van der Waals surface area contributed by atoms with Crippen LogP contribution < -0.4 is 10.1 Å². The average Bonchev–Trinajstić information content (AvgIpc) is 3.37. The van der Waals surface area contributed by atoms with Crippen molar-refractivity contribution in [3.05, 3.63) is 70.0 Å². The number of nitrogens with zero attached hydrogens (tertiary/aromatic N) is 1. The monoisotopic (exact) mass is 430 g/mol. The summed E-state index contributed by atoms with van der Waals surface area (Å²) in [5.74, 6) is 1.78. The molecule has 1 aromatic carbocycles. The standard InChI is InChI=1S/C22H23ClN2O3S/c1-15(2)7-10-28-20-6-5-17(23)12-16(20)13-25-22-19(8-11-29-22)21(26)24-14-18-4-3-9-27-18/h3-6,8-9,11-13,15H,7,10,14H2,1-2H3,(H,24,26). The topological polar surface area (TPSA) is 63.8 Å². The van der Waals surface area contributed by atoms with Gasteiger partial charge >= 0.3 is 0 Å². The lowest BCUT2D eigenvalue weighted by Gasteiger charge is -2.10. The molecule has 2 aromatic heterocycles. The summed E-state index contributed by atoms with van der Waals surface area (Å²) in [6.45, 7) is 5.26. The van der Waals surface area contributed by atoms with Crippen molar-refractivity contribution in [2.75, 3.05) is 6.61 Å². The summed E-state index contributed by atoms with van der Waals surface area (Å²) in [6, 6.07) is 10.8. The predicted octanol–water partition coefficient (Wildman–Crippen LogP) is 6.10. The Hall–Kier alpha value is -2.57. The number of thiophene rings is 1. The van der Waals surface area contributed by atoms with Gasteiger partial charge in [-0.15, -0.1) is 11.3 Å². The number of carbonyl (C=O) groups is 1. The van der Waals surface area contributed by atoms with E-state index < -0.39 is 0 Å². The minimum atomic E-state index is -0.200. The number of furan rings is 1. The molecule has 2 heterocycles. The second kappa shape index (κ2) is 10.3. The Labute approximate surface area is 179 Å². The molecule has 0 bridgehead atoms. The van der Waals surface area contributed by atoms with Crippen LogP contribution in [0.4, 0.5) is 5.00 Å². The summed E-state index contributed by atoms with van der Waals surface area (Å²) in [4.78, 5) is 17.0. The first-order chi connectivity index (χ1) is 14.0. The molecule has 0 aliphatic heterocycles. The molecule has 152 valence electrons. The molecular formula is C22H23ClN2O3S. The first-order valence-electron chi connectivity index (χ1n) is 9.37. The predicted molar refractivity (Wildman–Crippen MR) is 118 cm³/mol. The van der Waals surface area contributed by atoms with Gasteiger partial charge in [-0.1, -0.05) is 25.4 Å². The van der Waals surface area contributed by atoms with Gasteiger partial charge in [0.25, 0.3) is 5.91 Å². The number of carbonyl (C=O) groups excluding carboxylic acids is 1. The Morgan fingerprint density at radius 2 is 2.21 bits per heavy atom. The van der Waals surface area contributed by atoms with Crippen LogP contribution in [-0.2, 0) is 6.54 Å². The highest BCUT2D eigenvalue weighted by Gasteiger charge is 2.13. The largest absolute Gasteiger partial charge is 0.493 e. The van der Waals surface area contributed by atoms with Gasteiger partial charge in [-0.3, -0.25) is 4.79 Å². The molecule has 0 fully saturated rings. The molecule has 0 aliphatic carbocycles. The van der Waals surface area contributed by atoms with Gasteiger partial charge in [0, 0.05) is 16.8 Å². The summed E-state index contributed by atoms with van der Waals surface area (Å²) >= 11 is 7.54. The molecule has 5 nitrogen and oxygen atoms in total. The minimum Gasteiger partial charge on any atom is -0.493 e. The van der Waals surface area contributed by atoms with Crippen LogP contribution in [-0.4, -0.2) is 18.7 Å². The number of ether oxygens (including phenoxy) is 1. The number of hydrogen-bond donors (Lipinski definition) is 1. The van der Waals surface area contributed by atoms with Gasteiger partial charge in [-0.25, -0.2) is 4.99 Å². The number of rotatable bonds is 9. The maximum atomic E-state index is 12.5.